The van der Waals surface area contributed by atoms with Crippen LogP contribution in [0, 0.1) is 17.6 Å². The summed E-state index contributed by atoms with van der Waals surface area (Å²) in [5.41, 5.74) is 0.671. The van der Waals surface area contributed by atoms with Crippen LogP contribution in [0.3, 0.4) is 0 Å². The molecule has 1 atom stereocenters. The fourth-order valence-electron chi connectivity index (χ4n) is 5.84. The van der Waals surface area contributed by atoms with Crippen molar-refractivity contribution in [3.05, 3.63) is 86.0 Å². The number of carboxylic acids is 1. The summed E-state index contributed by atoms with van der Waals surface area (Å²) in [6, 6.07) is 1.24. The van der Waals surface area contributed by atoms with Gasteiger partial charge in [0.2, 0.25) is 0 Å². The summed E-state index contributed by atoms with van der Waals surface area (Å²) in [6.45, 7) is 0. The molecule has 0 amide bonds. The normalized spacial score (nSPS) is 23.1. The van der Waals surface area contributed by atoms with E-state index in [0.29, 0.717) is 66.5 Å². The molecule has 13 heteroatoms. The number of allylic oxidation sites excluding steroid dienone is 1. The maximum Gasteiger partial charge on any atom is 0.338 e. The third kappa shape index (κ3) is 4.96. The molecule has 3 heterocycles. The minimum absolute atomic E-state index is 0.0598. The summed E-state index contributed by atoms with van der Waals surface area (Å²) in [6.07, 6.45) is 8.82. The van der Waals surface area contributed by atoms with Crippen molar-refractivity contribution in [2.75, 3.05) is 7.11 Å². The minimum Gasteiger partial charge on any atom is -0.481 e. The molecule has 2 N–H and O–H groups in total. The van der Waals surface area contributed by atoms with E-state index in [0.717, 1.165) is 6.07 Å². The quantitative estimate of drug-likeness (QED) is 0.265. The molecule has 218 valence electrons. The van der Waals surface area contributed by atoms with Crippen molar-refractivity contribution < 1.29 is 28.2 Å². The molecular formula is C29H26ClF2N5O4S. The lowest BCUT2D eigenvalue weighted by Crippen LogP contribution is -2.37. The number of hydrogen-bond acceptors (Lipinski definition) is 9. The Kier molecular flexibility index (Phi) is 7.52. The number of esters is 1. The van der Waals surface area contributed by atoms with Gasteiger partial charge in [-0.05, 0) is 50.5 Å². The largest absolute Gasteiger partial charge is 0.481 e. The zero-order valence-corrected chi connectivity index (χ0v) is 24.0. The highest BCUT2D eigenvalue weighted by Crippen LogP contribution is 2.48. The molecule has 0 radical (unpaired) electrons. The van der Waals surface area contributed by atoms with Gasteiger partial charge < -0.3 is 15.2 Å². The van der Waals surface area contributed by atoms with Gasteiger partial charge >= 0.3 is 11.9 Å². The zero-order chi connectivity index (χ0) is 29.6. The van der Waals surface area contributed by atoms with Crippen LogP contribution in [0.4, 0.5) is 8.78 Å². The molecule has 2 saturated carbocycles. The Morgan fingerprint density at radius 2 is 1.79 bits per heavy atom. The molecule has 2 fully saturated rings. The molecule has 6 rings (SSSR count). The molecule has 1 unspecified atom stereocenters. The number of benzene rings is 1. The topological polar surface area (TPSA) is 127 Å². The third-order valence-corrected chi connectivity index (χ3v) is 9.52. The number of halogens is 3. The first-order valence-electron chi connectivity index (χ1n) is 13.5. The smallest absolute Gasteiger partial charge is 0.338 e. The van der Waals surface area contributed by atoms with E-state index in [1.165, 1.54) is 24.5 Å². The highest BCUT2D eigenvalue weighted by atomic mass is 35.5. The van der Waals surface area contributed by atoms with Crippen molar-refractivity contribution >= 4 is 40.7 Å². The van der Waals surface area contributed by atoms with Crippen molar-refractivity contribution in [1.29, 1.82) is 0 Å². The van der Waals surface area contributed by atoms with E-state index in [2.05, 4.69) is 25.3 Å². The van der Waals surface area contributed by atoms with Crippen LogP contribution in [0.15, 0.2) is 52.4 Å². The van der Waals surface area contributed by atoms with Crippen LogP contribution in [0.5, 0.6) is 0 Å². The van der Waals surface area contributed by atoms with Gasteiger partial charge in [-0.1, -0.05) is 17.7 Å². The highest BCUT2D eigenvalue weighted by molar-refractivity contribution is 7.11. The number of aliphatic carboxylic acids is 1. The molecule has 2 aromatic heterocycles. The lowest BCUT2D eigenvalue weighted by atomic mass is 9.77. The van der Waals surface area contributed by atoms with Crippen LogP contribution in [-0.4, -0.2) is 44.9 Å². The summed E-state index contributed by atoms with van der Waals surface area (Å²) < 4.78 is 33.7. The Morgan fingerprint density at radius 3 is 2.38 bits per heavy atom. The molecule has 42 heavy (non-hydrogen) atoms. The van der Waals surface area contributed by atoms with Crippen LogP contribution in [0.2, 0.25) is 5.02 Å². The SMILES string of the molecule is COC(=O)C1=C(C2CCC(c3ncc(C4(C(=O)O)CC4)cn3)CC2)NC(c2nccs2)=NC1c1ccc(F)c(F)c1Cl. The number of hydrogen-bond donors (Lipinski definition) is 2. The van der Waals surface area contributed by atoms with Crippen LogP contribution >= 0.6 is 22.9 Å². The minimum atomic E-state index is -1.22. The number of rotatable bonds is 7. The van der Waals surface area contributed by atoms with E-state index >= 15 is 0 Å². The number of carbonyl (C=O) groups excluding carboxylic acids is 1. The highest BCUT2D eigenvalue weighted by Gasteiger charge is 2.52. The summed E-state index contributed by atoms with van der Waals surface area (Å²) >= 11 is 7.60. The molecule has 0 bridgehead atoms. The molecular weight excluding hydrogens is 588 g/mol. The number of nitrogens with zero attached hydrogens (tertiary/aromatic N) is 4. The van der Waals surface area contributed by atoms with E-state index in [9.17, 15) is 23.5 Å². The number of methoxy groups -OCH3 is 1. The maximum atomic E-state index is 14.6. The van der Waals surface area contributed by atoms with Crippen LogP contribution in [0.25, 0.3) is 0 Å². The lowest BCUT2D eigenvalue weighted by molar-refractivity contribution is -0.140. The van der Waals surface area contributed by atoms with Gasteiger partial charge in [-0.3, -0.25) is 9.79 Å². The van der Waals surface area contributed by atoms with Crippen LogP contribution in [-0.2, 0) is 19.7 Å². The first kappa shape index (κ1) is 28.4. The number of aromatic nitrogens is 3. The van der Waals surface area contributed by atoms with E-state index in [4.69, 9.17) is 16.3 Å². The molecule has 9 nitrogen and oxygen atoms in total. The van der Waals surface area contributed by atoms with Gasteiger partial charge in [0, 0.05) is 46.7 Å². The van der Waals surface area contributed by atoms with Crippen molar-refractivity contribution in [3.63, 3.8) is 0 Å². The fourth-order valence-corrected chi connectivity index (χ4v) is 6.68. The second kappa shape index (κ2) is 11.1. The van der Waals surface area contributed by atoms with Gasteiger partial charge in [0.1, 0.15) is 11.9 Å². The molecule has 0 spiro atoms. The molecule has 3 aliphatic rings. The number of carbonyl (C=O) groups is 2. The molecule has 3 aromatic rings. The Hall–Kier alpha value is -3.77. The standard InChI is InChI=1S/C29H26ClF2N5O4S/c1-41-27(38)19-22(14-2-4-15(5-3-14)24-34-12-16(13-35-24)29(8-9-29)28(39)40)36-25(26-33-10-11-42-26)37-23(19)17-6-7-18(31)21(32)20(17)30/h6-7,10-15,23H,2-5,8-9H2,1H3,(H,36,37)(H,39,40). The number of thiazole rings is 1. The predicted octanol–water partition coefficient (Wildman–Crippen LogP) is 5.47. The van der Waals surface area contributed by atoms with E-state index < -0.39 is 40.1 Å². The summed E-state index contributed by atoms with van der Waals surface area (Å²) in [7, 11) is 1.25. The number of amidine groups is 1. The second-order valence-corrected chi connectivity index (χ2v) is 12.0. The van der Waals surface area contributed by atoms with Gasteiger partial charge in [0.25, 0.3) is 0 Å². The summed E-state index contributed by atoms with van der Waals surface area (Å²) in [5.74, 6) is -2.82. The Bertz CT molecular complexity index is 1600. The van der Waals surface area contributed by atoms with Crippen molar-refractivity contribution in [1.82, 2.24) is 20.3 Å². The third-order valence-electron chi connectivity index (χ3n) is 8.36. The molecule has 0 saturated heterocycles. The number of nitrogens with one attached hydrogen (secondary N) is 1. The van der Waals surface area contributed by atoms with Gasteiger partial charge in [-0.15, -0.1) is 11.3 Å². The average Bonchev–Trinajstić information content (AvgIpc) is 3.65. The van der Waals surface area contributed by atoms with Gasteiger partial charge in [-0.25, -0.2) is 28.5 Å². The second-order valence-electron chi connectivity index (χ2n) is 10.7. The Labute approximate surface area is 248 Å². The predicted molar refractivity (Wildman–Crippen MR) is 150 cm³/mol. The van der Waals surface area contributed by atoms with Gasteiger partial charge in [-0.2, -0.15) is 0 Å². The van der Waals surface area contributed by atoms with Crippen molar-refractivity contribution in [2.45, 2.75) is 55.9 Å². The van der Waals surface area contributed by atoms with E-state index in [1.807, 2.05) is 0 Å². The zero-order valence-electron chi connectivity index (χ0n) is 22.4. The maximum absolute atomic E-state index is 14.6. The fraction of sp³-hybridized carbons (Fsp3) is 0.379. The molecule has 1 aliphatic heterocycles. The lowest BCUT2D eigenvalue weighted by Gasteiger charge is -2.34. The summed E-state index contributed by atoms with van der Waals surface area (Å²) in [5, 5.41) is 14.8. The number of ether oxygens (including phenoxy) is 1. The van der Waals surface area contributed by atoms with Crippen molar-refractivity contribution in [2.24, 2.45) is 10.9 Å². The van der Waals surface area contributed by atoms with Gasteiger partial charge in [0.15, 0.2) is 22.5 Å². The first-order valence-corrected chi connectivity index (χ1v) is 14.8. The first-order chi connectivity index (χ1) is 20.2. The van der Waals surface area contributed by atoms with E-state index in [-0.39, 0.29) is 23.0 Å². The van der Waals surface area contributed by atoms with Crippen LogP contribution in [0.1, 0.15) is 72.4 Å². The average molecular weight is 614 g/mol. The van der Waals surface area contributed by atoms with Crippen LogP contribution < -0.4 is 5.32 Å². The monoisotopic (exact) mass is 613 g/mol. The number of aliphatic imine (C=N–C) groups is 1. The Morgan fingerprint density at radius 1 is 1.10 bits per heavy atom. The van der Waals surface area contributed by atoms with Crippen molar-refractivity contribution in [3.8, 4) is 0 Å². The number of carboxylic acid groups (broad SMARTS) is 1. The van der Waals surface area contributed by atoms with E-state index in [1.54, 1.807) is 24.0 Å². The van der Waals surface area contributed by atoms with Gasteiger partial charge in [0.05, 0.1) is 23.1 Å². The molecule has 1 aromatic carbocycles. The Balaban J connectivity index is 1.31. The molecule has 2 aliphatic carbocycles. The summed E-state index contributed by atoms with van der Waals surface area (Å²) in [4.78, 5) is 43.0.